The summed E-state index contributed by atoms with van der Waals surface area (Å²) in [4.78, 5) is 18.6. The highest BCUT2D eigenvalue weighted by Crippen LogP contribution is 2.31. The number of sulfonamides is 1. The SMILES string of the molecule is Cc1nc(-c2cccs2)sc1C(=O)NCc1ccc(CS(N)(=O)=O)cc1. The summed E-state index contributed by atoms with van der Waals surface area (Å²) in [5.74, 6) is -0.373. The molecular formula is C17H17N3O3S3. The van der Waals surface area contributed by atoms with E-state index in [1.54, 1.807) is 35.6 Å². The minimum Gasteiger partial charge on any atom is -0.347 e. The van der Waals surface area contributed by atoms with E-state index in [9.17, 15) is 13.2 Å². The molecule has 0 radical (unpaired) electrons. The van der Waals surface area contributed by atoms with Gasteiger partial charge in [-0.2, -0.15) is 0 Å². The van der Waals surface area contributed by atoms with E-state index in [-0.39, 0.29) is 11.7 Å². The molecular weight excluding hydrogens is 390 g/mol. The summed E-state index contributed by atoms with van der Waals surface area (Å²) in [5, 5.41) is 10.7. The van der Waals surface area contributed by atoms with Crippen molar-refractivity contribution in [3.05, 3.63) is 63.5 Å². The lowest BCUT2D eigenvalue weighted by molar-refractivity contribution is 0.0954. The predicted octanol–water partition coefficient (Wildman–Crippen LogP) is 2.90. The summed E-state index contributed by atoms with van der Waals surface area (Å²) in [6, 6.07) is 10.9. The lowest BCUT2D eigenvalue weighted by atomic mass is 10.1. The molecule has 0 unspecified atom stereocenters. The van der Waals surface area contributed by atoms with Gasteiger partial charge in [0.05, 0.1) is 16.3 Å². The highest BCUT2D eigenvalue weighted by Gasteiger charge is 2.16. The third-order valence-electron chi connectivity index (χ3n) is 3.58. The number of carbonyl (C=O) groups is 1. The van der Waals surface area contributed by atoms with Crippen LogP contribution in [0.25, 0.3) is 9.88 Å². The summed E-state index contributed by atoms with van der Waals surface area (Å²) >= 11 is 2.97. The third-order valence-corrected chi connectivity index (χ3v) is 6.51. The number of primary sulfonamides is 1. The second-order valence-corrected chi connectivity index (χ2v) is 9.28. The third kappa shape index (κ3) is 4.76. The monoisotopic (exact) mass is 407 g/mol. The molecule has 2 aromatic heterocycles. The number of carbonyl (C=O) groups excluding carboxylic acids is 1. The maximum atomic E-state index is 12.4. The summed E-state index contributed by atoms with van der Waals surface area (Å²) in [6.07, 6.45) is 0. The number of rotatable bonds is 6. The Hall–Kier alpha value is -2.07. The quantitative estimate of drug-likeness (QED) is 0.656. The fourth-order valence-corrected chi connectivity index (χ4v) is 4.80. The van der Waals surface area contributed by atoms with E-state index in [1.807, 2.05) is 24.4 Å². The van der Waals surface area contributed by atoms with E-state index < -0.39 is 10.0 Å². The molecule has 0 spiro atoms. The zero-order valence-corrected chi connectivity index (χ0v) is 16.4. The molecule has 0 atom stereocenters. The number of nitrogens with one attached hydrogen (secondary N) is 1. The average Bonchev–Trinajstić information content (AvgIpc) is 3.22. The minimum absolute atomic E-state index is 0.170. The van der Waals surface area contributed by atoms with Crippen molar-refractivity contribution in [3.63, 3.8) is 0 Å². The van der Waals surface area contributed by atoms with Gasteiger partial charge in [0.15, 0.2) is 0 Å². The number of nitrogens with two attached hydrogens (primary N) is 1. The van der Waals surface area contributed by atoms with Gasteiger partial charge >= 0.3 is 0 Å². The number of hydrogen-bond acceptors (Lipinski definition) is 6. The van der Waals surface area contributed by atoms with Crippen LogP contribution in [-0.4, -0.2) is 19.3 Å². The molecule has 3 rings (SSSR count). The van der Waals surface area contributed by atoms with E-state index in [1.165, 1.54) is 11.3 Å². The Morgan fingerprint density at radius 1 is 1.19 bits per heavy atom. The lowest BCUT2D eigenvalue weighted by Gasteiger charge is -2.06. The maximum absolute atomic E-state index is 12.4. The van der Waals surface area contributed by atoms with Gasteiger partial charge in [0.25, 0.3) is 5.91 Å². The van der Waals surface area contributed by atoms with Crippen molar-refractivity contribution in [1.82, 2.24) is 10.3 Å². The summed E-state index contributed by atoms with van der Waals surface area (Å²) in [5.41, 5.74) is 2.19. The molecule has 3 aromatic rings. The number of aryl methyl sites for hydroxylation is 1. The van der Waals surface area contributed by atoms with E-state index in [2.05, 4.69) is 10.3 Å². The molecule has 0 saturated carbocycles. The van der Waals surface area contributed by atoms with Crippen LogP contribution >= 0.6 is 22.7 Å². The number of benzene rings is 1. The first-order valence-electron chi connectivity index (χ1n) is 7.69. The number of nitrogens with zero attached hydrogens (tertiary/aromatic N) is 1. The van der Waals surface area contributed by atoms with Crippen molar-refractivity contribution in [3.8, 4) is 9.88 Å². The van der Waals surface area contributed by atoms with Crippen molar-refractivity contribution in [1.29, 1.82) is 0 Å². The van der Waals surface area contributed by atoms with Gasteiger partial charge in [0, 0.05) is 6.54 Å². The molecule has 1 aromatic carbocycles. The van der Waals surface area contributed by atoms with Gasteiger partial charge in [0.2, 0.25) is 10.0 Å². The number of thiophene rings is 1. The Morgan fingerprint density at radius 2 is 1.88 bits per heavy atom. The lowest BCUT2D eigenvalue weighted by Crippen LogP contribution is -2.22. The highest BCUT2D eigenvalue weighted by atomic mass is 32.2. The molecule has 0 aliphatic heterocycles. The molecule has 1 amide bonds. The minimum atomic E-state index is -3.55. The zero-order chi connectivity index (χ0) is 18.7. The predicted molar refractivity (Wildman–Crippen MR) is 105 cm³/mol. The Balaban J connectivity index is 1.64. The van der Waals surface area contributed by atoms with Crippen LogP contribution < -0.4 is 10.5 Å². The average molecular weight is 408 g/mol. The van der Waals surface area contributed by atoms with E-state index in [0.29, 0.717) is 22.7 Å². The van der Waals surface area contributed by atoms with Gasteiger partial charge in [-0.25, -0.2) is 18.5 Å². The molecule has 0 aliphatic rings. The van der Waals surface area contributed by atoms with Gasteiger partial charge in [-0.05, 0) is 29.5 Å². The number of amides is 1. The fraction of sp³-hybridized carbons (Fsp3) is 0.176. The Morgan fingerprint density at radius 3 is 2.50 bits per heavy atom. The van der Waals surface area contributed by atoms with E-state index >= 15 is 0 Å². The van der Waals surface area contributed by atoms with Crippen molar-refractivity contribution >= 4 is 38.6 Å². The Labute approximate surface area is 159 Å². The van der Waals surface area contributed by atoms with Crippen molar-refractivity contribution in [2.45, 2.75) is 19.2 Å². The summed E-state index contributed by atoms with van der Waals surface area (Å²) in [6.45, 7) is 2.17. The molecule has 26 heavy (non-hydrogen) atoms. The first-order chi connectivity index (χ1) is 12.3. The normalized spacial score (nSPS) is 11.5. The maximum Gasteiger partial charge on any atom is 0.263 e. The number of hydrogen-bond donors (Lipinski definition) is 2. The molecule has 2 heterocycles. The van der Waals surface area contributed by atoms with Crippen LogP contribution in [0.15, 0.2) is 41.8 Å². The second kappa shape index (κ2) is 7.67. The van der Waals surface area contributed by atoms with E-state index in [0.717, 1.165) is 15.4 Å². The summed E-state index contributed by atoms with van der Waals surface area (Å²) < 4.78 is 22.2. The second-order valence-electron chi connectivity index (χ2n) is 5.72. The van der Waals surface area contributed by atoms with Crippen LogP contribution in [0.3, 0.4) is 0 Å². The van der Waals surface area contributed by atoms with Crippen molar-refractivity contribution < 1.29 is 13.2 Å². The van der Waals surface area contributed by atoms with Crippen LogP contribution in [-0.2, 0) is 22.3 Å². The first kappa shape index (κ1) is 18.7. The molecule has 0 bridgehead atoms. The molecule has 0 saturated heterocycles. The fourth-order valence-electron chi connectivity index (χ4n) is 2.36. The van der Waals surface area contributed by atoms with Crippen molar-refractivity contribution in [2.24, 2.45) is 5.14 Å². The van der Waals surface area contributed by atoms with Crippen LogP contribution in [0.1, 0.15) is 26.5 Å². The topological polar surface area (TPSA) is 102 Å². The molecule has 3 N–H and O–H groups in total. The van der Waals surface area contributed by atoms with Crippen molar-refractivity contribution in [2.75, 3.05) is 0 Å². The summed E-state index contributed by atoms with van der Waals surface area (Å²) in [7, 11) is -3.55. The molecule has 0 fully saturated rings. The smallest absolute Gasteiger partial charge is 0.263 e. The molecule has 6 nitrogen and oxygen atoms in total. The van der Waals surface area contributed by atoms with E-state index in [4.69, 9.17) is 5.14 Å². The van der Waals surface area contributed by atoms with Gasteiger partial charge in [-0.15, -0.1) is 22.7 Å². The van der Waals surface area contributed by atoms with Gasteiger partial charge in [-0.3, -0.25) is 4.79 Å². The molecule has 0 aliphatic carbocycles. The largest absolute Gasteiger partial charge is 0.347 e. The zero-order valence-electron chi connectivity index (χ0n) is 13.9. The van der Waals surface area contributed by atoms with Crippen LogP contribution in [0, 0.1) is 6.92 Å². The van der Waals surface area contributed by atoms with Crippen LogP contribution in [0.4, 0.5) is 0 Å². The Bertz CT molecular complexity index is 1010. The first-order valence-corrected chi connectivity index (χ1v) is 11.1. The number of aromatic nitrogens is 1. The van der Waals surface area contributed by atoms with Gasteiger partial charge in [-0.1, -0.05) is 30.3 Å². The van der Waals surface area contributed by atoms with Gasteiger partial charge < -0.3 is 5.32 Å². The molecule has 9 heteroatoms. The number of thiazole rings is 1. The van der Waals surface area contributed by atoms with Gasteiger partial charge in [0.1, 0.15) is 9.88 Å². The molecule has 136 valence electrons. The van der Waals surface area contributed by atoms with Crippen LogP contribution in [0.2, 0.25) is 0 Å². The Kier molecular flexibility index (Phi) is 5.52. The van der Waals surface area contributed by atoms with Crippen LogP contribution in [0.5, 0.6) is 0 Å². The highest BCUT2D eigenvalue weighted by molar-refractivity contribution is 7.88. The standard InChI is InChI=1S/C17H17N3O3S3/c1-11-15(25-17(20-11)14-3-2-8-24-14)16(21)19-9-12-4-6-13(7-5-12)10-26(18,22)23/h2-8H,9-10H2,1H3,(H,19,21)(H2,18,22,23).